The summed E-state index contributed by atoms with van der Waals surface area (Å²) >= 11 is 6.17. The van der Waals surface area contributed by atoms with Crippen LogP contribution in [0.15, 0.2) is 30.3 Å². The lowest BCUT2D eigenvalue weighted by Crippen LogP contribution is -2.18. The second kappa shape index (κ2) is 7.03. The van der Waals surface area contributed by atoms with E-state index in [1.165, 1.54) is 13.2 Å². The summed E-state index contributed by atoms with van der Waals surface area (Å²) in [5, 5.41) is 3.09. The van der Waals surface area contributed by atoms with Gasteiger partial charge in [-0.25, -0.2) is 4.79 Å². The summed E-state index contributed by atoms with van der Waals surface area (Å²) in [6.07, 6.45) is 0. The normalized spacial score (nSPS) is 12.4. The molecule has 0 atom stereocenters. The van der Waals surface area contributed by atoms with Crippen molar-refractivity contribution in [3.63, 3.8) is 0 Å². The number of aryl methyl sites for hydroxylation is 1. The maximum atomic E-state index is 12.6. The summed E-state index contributed by atoms with van der Waals surface area (Å²) in [6, 6.07) is 8.04. The zero-order valence-electron chi connectivity index (χ0n) is 13.7. The zero-order valence-corrected chi connectivity index (χ0v) is 14.5. The van der Waals surface area contributed by atoms with Gasteiger partial charge in [-0.2, -0.15) is 0 Å². The van der Waals surface area contributed by atoms with Crippen molar-refractivity contribution in [2.75, 3.05) is 25.6 Å². The Balaban J connectivity index is 1.88. The number of fused-ring (bicyclic) bond motifs is 1. The lowest BCUT2D eigenvalue weighted by atomic mass is 10.1. The quantitative estimate of drug-likeness (QED) is 0.847. The van der Waals surface area contributed by atoms with Crippen molar-refractivity contribution in [1.29, 1.82) is 0 Å². The molecule has 0 bridgehead atoms. The van der Waals surface area contributed by atoms with Gasteiger partial charge in [0.25, 0.3) is 5.91 Å². The van der Waals surface area contributed by atoms with E-state index in [4.69, 9.17) is 25.8 Å². The lowest BCUT2D eigenvalue weighted by Gasteiger charge is -2.20. The molecular weight excluding hydrogens is 346 g/mol. The molecule has 0 saturated carbocycles. The summed E-state index contributed by atoms with van der Waals surface area (Å²) in [5.74, 6) is 0.0270. The van der Waals surface area contributed by atoms with E-state index in [9.17, 15) is 9.59 Å². The third-order valence-corrected chi connectivity index (χ3v) is 4.05. The van der Waals surface area contributed by atoms with Crippen molar-refractivity contribution < 1.29 is 23.8 Å². The Bertz CT molecular complexity index is 850. The number of hydrogen-bond donors (Lipinski definition) is 1. The number of anilines is 1. The van der Waals surface area contributed by atoms with Crippen molar-refractivity contribution in [2.24, 2.45) is 0 Å². The van der Waals surface area contributed by atoms with Crippen LogP contribution in [-0.2, 0) is 4.74 Å². The van der Waals surface area contributed by atoms with Gasteiger partial charge < -0.3 is 19.5 Å². The van der Waals surface area contributed by atoms with E-state index in [-0.39, 0.29) is 5.91 Å². The minimum absolute atomic E-state index is 0.308. The van der Waals surface area contributed by atoms with Crippen LogP contribution in [0.2, 0.25) is 5.02 Å². The predicted octanol–water partition coefficient (Wildman–Crippen LogP) is 3.46. The predicted molar refractivity (Wildman–Crippen MR) is 92.9 cm³/mol. The molecule has 0 radical (unpaired) electrons. The van der Waals surface area contributed by atoms with Crippen molar-refractivity contribution in [3.8, 4) is 11.5 Å². The number of hydrogen-bond acceptors (Lipinski definition) is 5. The first-order chi connectivity index (χ1) is 12.0. The van der Waals surface area contributed by atoms with Gasteiger partial charge in [0.1, 0.15) is 13.2 Å². The van der Waals surface area contributed by atoms with Crippen molar-refractivity contribution in [3.05, 3.63) is 52.0 Å². The van der Waals surface area contributed by atoms with Crippen LogP contribution in [0.5, 0.6) is 11.5 Å². The van der Waals surface area contributed by atoms with Gasteiger partial charge >= 0.3 is 5.97 Å². The first-order valence-electron chi connectivity index (χ1n) is 7.59. The monoisotopic (exact) mass is 361 g/mol. The lowest BCUT2D eigenvalue weighted by molar-refractivity contribution is 0.0600. The Morgan fingerprint density at radius 3 is 2.64 bits per heavy atom. The molecule has 0 aromatic heterocycles. The third-order valence-electron chi connectivity index (χ3n) is 3.77. The molecule has 0 aliphatic carbocycles. The minimum Gasteiger partial charge on any atom is -0.486 e. The van der Waals surface area contributed by atoms with Gasteiger partial charge in [0.2, 0.25) is 0 Å². The number of nitrogens with one attached hydrogen (secondary N) is 1. The second-order valence-corrected chi connectivity index (χ2v) is 5.86. The van der Waals surface area contributed by atoms with E-state index in [1.807, 2.05) is 6.92 Å². The van der Waals surface area contributed by atoms with E-state index in [0.29, 0.717) is 46.5 Å². The van der Waals surface area contributed by atoms with Crippen LogP contribution in [0, 0.1) is 6.92 Å². The van der Waals surface area contributed by atoms with Gasteiger partial charge in [0.15, 0.2) is 11.5 Å². The minimum atomic E-state index is -0.474. The molecule has 1 amide bonds. The highest BCUT2D eigenvalue weighted by molar-refractivity contribution is 6.32. The van der Waals surface area contributed by atoms with E-state index in [0.717, 1.165) is 5.56 Å². The highest BCUT2D eigenvalue weighted by Gasteiger charge is 2.20. The number of halogens is 1. The summed E-state index contributed by atoms with van der Waals surface area (Å²) in [7, 11) is 1.30. The third kappa shape index (κ3) is 3.53. The molecule has 1 heterocycles. The SMILES string of the molecule is COC(=O)c1ccc(C)c(NC(=O)c2cc(Cl)c3c(c2)OCCO3)c1. The molecule has 0 saturated heterocycles. The van der Waals surface area contributed by atoms with Crippen LogP contribution >= 0.6 is 11.6 Å². The summed E-state index contributed by atoms with van der Waals surface area (Å²) < 4.78 is 15.6. The highest BCUT2D eigenvalue weighted by Crippen LogP contribution is 2.38. The first-order valence-corrected chi connectivity index (χ1v) is 7.97. The Kier molecular flexibility index (Phi) is 4.81. The van der Waals surface area contributed by atoms with Crippen LogP contribution in [0.25, 0.3) is 0 Å². The standard InChI is InChI=1S/C18H16ClNO5/c1-10-3-4-11(18(22)23-2)8-14(10)20-17(21)12-7-13(19)16-15(9-12)24-5-6-25-16/h3-4,7-9H,5-6H2,1-2H3,(H,20,21). The number of rotatable bonds is 3. The van der Waals surface area contributed by atoms with Gasteiger partial charge in [-0.3, -0.25) is 4.79 Å². The van der Waals surface area contributed by atoms with Gasteiger partial charge in [0, 0.05) is 11.3 Å². The fourth-order valence-electron chi connectivity index (χ4n) is 2.44. The Hall–Kier alpha value is -2.73. The average Bonchev–Trinajstić information content (AvgIpc) is 2.62. The Labute approximate surface area is 149 Å². The maximum absolute atomic E-state index is 12.6. The summed E-state index contributed by atoms with van der Waals surface area (Å²) in [5.41, 5.74) is 2.00. The number of carbonyl (C=O) groups excluding carboxylic acids is 2. The molecule has 0 fully saturated rings. The van der Waals surface area contributed by atoms with E-state index < -0.39 is 5.97 Å². The highest BCUT2D eigenvalue weighted by atomic mass is 35.5. The van der Waals surface area contributed by atoms with Gasteiger partial charge in [0.05, 0.1) is 17.7 Å². The summed E-state index contributed by atoms with van der Waals surface area (Å²) in [6.45, 7) is 2.64. The fourth-order valence-corrected chi connectivity index (χ4v) is 2.70. The molecular formula is C18H16ClNO5. The molecule has 3 rings (SSSR count). The molecule has 7 heteroatoms. The smallest absolute Gasteiger partial charge is 0.337 e. The van der Waals surface area contributed by atoms with Crippen molar-refractivity contribution >= 4 is 29.2 Å². The van der Waals surface area contributed by atoms with Crippen LogP contribution in [0.3, 0.4) is 0 Å². The van der Waals surface area contributed by atoms with Crippen LogP contribution in [0.4, 0.5) is 5.69 Å². The molecule has 2 aromatic carbocycles. The van der Waals surface area contributed by atoms with E-state index in [1.54, 1.807) is 24.3 Å². The van der Waals surface area contributed by atoms with Gasteiger partial charge in [-0.1, -0.05) is 17.7 Å². The number of methoxy groups -OCH3 is 1. The van der Waals surface area contributed by atoms with Crippen LogP contribution in [0.1, 0.15) is 26.3 Å². The molecule has 2 aromatic rings. The van der Waals surface area contributed by atoms with Gasteiger partial charge in [-0.05, 0) is 36.8 Å². The molecule has 1 aliphatic rings. The molecule has 130 valence electrons. The fraction of sp³-hybridized carbons (Fsp3) is 0.222. The first kappa shape index (κ1) is 17.1. The van der Waals surface area contributed by atoms with Gasteiger partial charge in [-0.15, -0.1) is 0 Å². The van der Waals surface area contributed by atoms with Crippen LogP contribution in [-0.4, -0.2) is 32.2 Å². The summed E-state index contributed by atoms with van der Waals surface area (Å²) in [4.78, 5) is 24.2. The topological polar surface area (TPSA) is 73.9 Å². The Morgan fingerprint density at radius 2 is 1.88 bits per heavy atom. The molecule has 0 unspecified atom stereocenters. The molecule has 25 heavy (non-hydrogen) atoms. The molecule has 1 N–H and O–H groups in total. The largest absolute Gasteiger partial charge is 0.486 e. The van der Waals surface area contributed by atoms with E-state index >= 15 is 0 Å². The average molecular weight is 362 g/mol. The maximum Gasteiger partial charge on any atom is 0.337 e. The molecule has 1 aliphatic heterocycles. The second-order valence-electron chi connectivity index (χ2n) is 5.46. The van der Waals surface area contributed by atoms with Crippen molar-refractivity contribution in [1.82, 2.24) is 0 Å². The van der Waals surface area contributed by atoms with E-state index in [2.05, 4.69) is 5.32 Å². The number of benzene rings is 2. The number of amides is 1. The molecule has 0 spiro atoms. The number of esters is 1. The molecule has 6 nitrogen and oxygen atoms in total. The van der Waals surface area contributed by atoms with Crippen LogP contribution < -0.4 is 14.8 Å². The van der Waals surface area contributed by atoms with Crippen molar-refractivity contribution in [2.45, 2.75) is 6.92 Å². The number of ether oxygens (including phenoxy) is 3. The number of carbonyl (C=O) groups is 2. The Morgan fingerprint density at radius 1 is 1.12 bits per heavy atom. The zero-order chi connectivity index (χ0) is 18.0.